The quantitative estimate of drug-likeness (QED) is 0.460. The van der Waals surface area contributed by atoms with Crippen LogP contribution in [0.5, 0.6) is 0 Å². The summed E-state index contributed by atoms with van der Waals surface area (Å²) in [5, 5.41) is 0.383. The molecule has 0 heterocycles. The second-order valence-electron chi connectivity index (χ2n) is 3.52. The molecule has 3 N–H and O–H groups in total. The van der Waals surface area contributed by atoms with Crippen molar-refractivity contribution in [1.29, 1.82) is 0 Å². The molecule has 0 fully saturated rings. The molecule has 0 aliphatic heterocycles. The number of benzene rings is 1. The van der Waals surface area contributed by atoms with Crippen molar-refractivity contribution in [1.82, 2.24) is 5.43 Å². The van der Waals surface area contributed by atoms with Crippen LogP contribution in [0, 0.1) is 5.82 Å². The lowest BCUT2D eigenvalue weighted by atomic mass is 10.0. The lowest BCUT2D eigenvalue weighted by Crippen LogP contribution is -2.28. The van der Waals surface area contributed by atoms with Gasteiger partial charge < -0.3 is 4.74 Å². The fourth-order valence-electron chi connectivity index (χ4n) is 1.54. The van der Waals surface area contributed by atoms with Gasteiger partial charge in [-0.15, -0.1) is 0 Å². The maximum Gasteiger partial charge on any atom is 0.129 e. The van der Waals surface area contributed by atoms with Crippen molar-refractivity contribution in [2.75, 3.05) is 13.7 Å². The third-order valence-corrected chi connectivity index (χ3v) is 2.62. The number of hydrazine groups is 1. The Hall–Kier alpha value is -0.680. The van der Waals surface area contributed by atoms with Gasteiger partial charge >= 0.3 is 0 Å². The summed E-state index contributed by atoms with van der Waals surface area (Å²) in [6.45, 7) is 0.632. The van der Waals surface area contributed by atoms with Crippen molar-refractivity contribution in [3.63, 3.8) is 0 Å². The molecule has 90 valence electrons. The molecule has 1 unspecified atom stereocenters. The molecule has 16 heavy (non-hydrogen) atoms. The first-order chi connectivity index (χ1) is 7.69. The number of hydrogen-bond donors (Lipinski definition) is 2. The van der Waals surface area contributed by atoms with Gasteiger partial charge in [-0.25, -0.2) is 4.39 Å². The van der Waals surface area contributed by atoms with E-state index in [1.807, 2.05) is 0 Å². The van der Waals surface area contributed by atoms with E-state index in [1.54, 1.807) is 19.2 Å². The molecule has 0 aliphatic rings. The maximum absolute atomic E-state index is 13.6. The lowest BCUT2D eigenvalue weighted by molar-refractivity contribution is 0.188. The van der Waals surface area contributed by atoms with Crippen LogP contribution in [0.2, 0.25) is 5.02 Å². The first-order valence-electron chi connectivity index (χ1n) is 5.09. The topological polar surface area (TPSA) is 47.3 Å². The summed E-state index contributed by atoms with van der Waals surface area (Å²) in [5.41, 5.74) is 3.13. The van der Waals surface area contributed by atoms with E-state index in [-0.39, 0.29) is 11.9 Å². The van der Waals surface area contributed by atoms with Crippen molar-refractivity contribution >= 4 is 11.6 Å². The molecule has 5 heteroatoms. The zero-order valence-electron chi connectivity index (χ0n) is 9.17. The van der Waals surface area contributed by atoms with Crippen LogP contribution >= 0.6 is 11.6 Å². The normalized spacial score (nSPS) is 12.8. The van der Waals surface area contributed by atoms with Gasteiger partial charge in [0.05, 0.1) is 0 Å². The molecule has 0 bridgehead atoms. The van der Waals surface area contributed by atoms with E-state index in [2.05, 4.69) is 5.43 Å². The standard InChI is InChI=1S/C11H16ClFN2O/c1-16-6-2-3-11(15-14)9-5-4-8(12)7-10(9)13/h4-5,7,11,15H,2-3,6,14H2,1H3. The smallest absolute Gasteiger partial charge is 0.129 e. The van der Waals surface area contributed by atoms with Gasteiger partial charge in [-0.05, 0) is 25.0 Å². The Labute approximate surface area is 99.7 Å². The Balaban J connectivity index is 2.70. The summed E-state index contributed by atoms with van der Waals surface area (Å²) in [6, 6.07) is 4.38. The number of hydrogen-bond acceptors (Lipinski definition) is 3. The molecular weight excluding hydrogens is 231 g/mol. The van der Waals surface area contributed by atoms with Gasteiger partial charge in [0.1, 0.15) is 5.82 Å². The van der Waals surface area contributed by atoms with E-state index in [4.69, 9.17) is 22.2 Å². The van der Waals surface area contributed by atoms with Crippen molar-refractivity contribution < 1.29 is 9.13 Å². The predicted octanol–water partition coefficient (Wildman–Crippen LogP) is 2.41. The largest absolute Gasteiger partial charge is 0.385 e. The highest BCUT2D eigenvalue weighted by Crippen LogP contribution is 2.23. The molecule has 3 nitrogen and oxygen atoms in total. The number of ether oxygens (including phenoxy) is 1. The van der Waals surface area contributed by atoms with Crippen molar-refractivity contribution in [3.8, 4) is 0 Å². The van der Waals surface area contributed by atoms with Gasteiger partial charge in [-0.2, -0.15) is 0 Å². The number of nitrogens with one attached hydrogen (secondary N) is 1. The molecule has 0 spiro atoms. The summed E-state index contributed by atoms with van der Waals surface area (Å²) in [6.07, 6.45) is 1.52. The van der Waals surface area contributed by atoms with Gasteiger partial charge in [0.25, 0.3) is 0 Å². The second kappa shape index (κ2) is 6.81. The highest BCUT2D eigenvalue weighted by atomic mass is 35.5. The van der Waals surface area contributed by atoms with Gasteiger partial charge in [-0.1, -0.05) is 17.7 Å². The average Bonchev–Trinajstić information content (AvgIpc) is 2.26. The molecule has 0 saturated carbocycles. The second-order valence-corrected chi connectivity index (χ2v) is 3.96. The summed E-state index contributed by atoms with van der Waals surface area (Å²) < 4.78 is 18.5. The third-order valence-electron chi connectivity index (χ3n) is 2.38. The highest BCUT2D eigenvalue weighted by Gasteiger charge is 2.14. The van der Waals surface area contributed by atoms with Gasteiger partial charge in [0.2, 0.25) is 0 Å². The lowest BCUT2D eigenvalue weighted by Gasteiger charge is -2.16. The molecule has 1 aromatic rings. The van der Waals surface area contributed by atoms with Crippen molar-refractivity contribution in [3.05, 3.63) is 34.6 Å². The van der Waals surface area contributed by atoms with Crippen LogP contribution in [0.15, 0.2) is 18.2 Å². The number of rotatable bonds is 6. The Kier molecular flexibility index (Phi) is 5.69. The van der Waals surface area contributed by atoms with Crippen LogP contribution < -0.4 is 11.3 Å². The van der Waals surface area contributed by atoms with Crippen LogP contribution in [0.25, 0.3) is 0 Å². The zero-order valence-corrected chi connectivity index (χ0v) is 9.93. The first-order valence-corrected chi connectivity index (χ1v) is 5.47. The average molecular weight is 247 g/mol. The molecule has 1 atom stereocenters. The molecule has 0 saturated heterocycles. The Morgan fingerprint density at radius 2 is 2.31 bits per heavy atom. The third kappa shape index (κ3) is 3.72. The van der Waals surface area contributed by atoms with Gasteiger partial charge in [0, 0.05) is 30.3 Å². The van der Waals surface area contributed by atoms with E-state index >= 15 is 0 Å². The fraction of sp³-hybridized carbons (Fsp3) is 0.455. The van der Waals surface area contributed by atoms with Crippen LogP contribution in [-0.4, -0.2) is 13.7 Å². The van der Waals surface area contributed by atoms with E-state index in [0.717, 1.165) is 6.42 Å². The molecular formula is C11H16ClFN2O. The minimum Gasteiger partial charge on any atom is -0.385 e. The van der Waals surface area contributed by atoms with E-state index < -0.39 is 0 Å². The minimum absolute atomic E-state index is 0.215. The van der Waals surface area contributed by atoms with Crippen molar-refractivity contribution in [2.24, 2.45) is 5.84 Å². The van der Waals surface area contributed by atoms with Crippen LogP contribution in [0.1, 0.15) is 24.4 Å². The van der Waals surface area contributed by atoms with Crippen LogP contribution in [0.3, 0.4) is 0 Å². The molecule has 0 aromatic heterocycles. The fourth-order valence-corrected chi connectivity index (χ4v) is 1.70. The monoisotopic (exact) mass is 246 g/mol. The van der Waals surface area contributed by atoms with Gasteiger partial charge in [0.15, 0.2) is 0 Å². The molecule has 1 aromatic carbocycles. The van der Waals surface area contributed by atoms with Crippen LogP contribution in [0.4, 0.5) is 4.39 Å². The van der Waals surface area contributed by atoms with E-state index in [9.17, 15) is 4.39 Å². The SMILES string of the molecule is COCCCC(NN)c1ccc(Cl)cc1F. The van der Waals surface area contributed by atoms with E-state index in [0.29, 0.717) is 23.6 Å². The predicted molar refractivity (Wildman–Crippen MR) is 62.6 cm³/mol. The number of methoxy groups -OCH3 is 1. The van der Waals surface area contributed by atoms with Crippen LogP contribution in [-0.2, 0) is 4.74 Å². The number of nitrogens with two attached hydrogens (primary N) is 1. The minimum atomic E-state index is -0.340. The summed E-state index contributed by atoms with van der Waals surface area (Å²) in [7, 11) is 1.63. The summed E-state index contributed by atoms with van der Waals surface area (Å²) in [4.78, 5) is 0. The summed E-state index contributed by atoms with van der Waals surface area (Å²) in [5.74, 6) is 5.06. The highest BCUT2D eigenvalue weighted by molar-refractivity contribution is 6.30. The van der Waals surface area contributed by atoms with Gasteiger partial charge in [-0.3, -0.25) is 11.3 Å². The number of halogens is 2. The molecule has 0 aliphatic carbocycles. The Morgan fingerprint density at radius 3 is 2.88 bits per heavy atom. The van der Waals surface area contributed by atoms with Crippen molar-refractivity contribution in [2.45, 2.75) is 18.9 Å². The zero-order chi connectivity index (χ0) is 12.0. The molecule has 0 radical (unpaired) electrons. The van der Waals surface area contributed by atoms with E-state index in [1.165, 1.54) is 6.07 Å². The first kappa shape index (κ1) is 13.4. The maximum atomic E-state index is 13.6. The Morgan fingerprint density at radius 1 is 1.56 bits per heavy atom. The summed E-state index contributed by atoms with van der Waals surface area (Å²) >= 11 is 5.68. The molecule has 0 amide bonds. The Bertz CT molecular complexity index is 336. The molecule has 1 rings (SSSR count).